The van der Waals surface area contributed by atoms with Crippen LogP contribution >= 0.6 is 11.8 Å². The standard InChI is InChI=1S/C8H14N4O2S/c1-12(2)4-3-6-9-8(11-10-6)15-5-7(13)14/h3-5H2,1-2H3,(H,13,14)(H,9,10,11). The molecular formula is C8H14N4O2S. The molecule has 0 bridgehead atoms. The highest BCUT2D eigenvalue weighted by atomic mass is 32.2. The van der Waals surface area contributed by atoms with Crippen molar-refractivity contribution >= 4 is 17.7 Å². The van der Waals surface area contributed by atoms with Gasteiger partial charge in [0.15, 0.2) is 0 Å². The summed E-state index contributed by atoms with van der Waals surface area (Å²) in [5.74, 6) is -0.0819. The van der Waals surface area contributed by atoms with E-state index in [0.29, 0.717) is 5.16 Å². The molecule has 0 atom stereocenters. The van der Waals surface area contributed by atoms with E-state index in [-0.39, 0.29) is 5.75 Å². The number of aromatic nitrogens is 3. The number of carboxylic acid groups (broad SMARTS) is 1. The number of carbonyl (C=O) groups is 1. The van der Waals surface area contributed by atoms with Gasteiger partial charge in [-0.2, -0.15) is 0 Å². The Morgan fingerprint density at radius 1 is 1.60 bits per heavy atom. The molecule has 0 aliphatic carbocycles. The number of thioether (sulfide) groups is 1. The molecule has 15 heavy (non-hydrogen) atoms. The fourth-order valence-corrected chi connectivity index (χ4v) is 1.45. The summed E-state index contributed by atoms with van der Waals surface area (Å²) in [6, 6.07) is 0. The zero-order valence-corrected chi connectivity index (χ0v) is 9.54. The van der Waals surface area contributed by atoms with Gasteiger partial charge in [-0.05, 0) is 14.1 Å². The van der Waals surface area contributed by atoms with Crippen molar-refractivity contribution in [2.45, 2.75) is 11.6 Å². The molecule has 0 radical (unpaired) electrons. The summed E-state index contributed by atoms with van der Waals surface area (Å²) in [6.07, 6.45) is 0.785. The first-order chi connectivity index (χ1) is 7.08. The average molecular weight is 230 g/mol. The second-order valence-electron chi connectivity index (χ2n) is 3.30. The van der Waals surface area contributed by atoms with E-state index >= 15 is 0 Å². The molecule has 0 saturated carbocycles. The summed E-state index contributed by atoms with van der Waals surface area (Å²) in [5, 5.41) is 15.7. The highest BCUT2D eigenvalue weighted by Crippen LogP contribution is 2.11. The van der Waals surface area contributed by atoms with Gasteiger partial charge < -0.3 is 10.0 Å². The summed E-state index contributed by atoms with van der Waals surface area (Å²) < 4.78 is 0. The zero-order chi connectivity index (χ0) is 11.3. The molecule has 1 rings (SSSR count). The van der Waals surface area contributed by atoms with E-state index in [0.717, 1.165) is 30.6 Å². The topological polar surface area (TPSA) is 82.1 Å². The normalized spacial score (nSPS) is 10.9. The molecular weight excluding hydrogens is 216 g/mol. The van der Waals surface area contributed by atoms with Crippen LogP contribution in [0.3, 0.4) is 0 Å². The van der Waals surface area contributed by atoms with Gasteiger partial charge in [0.05, 0.1) is 5.75 Å². The molecule has 0 unspecified atom stereocenters. The smallest absolute Gasteiger partial charge is 0.313 e. The first-order valence-electron chi connectivity index (χ1n) is 4.48. The minimum Gasteiger partial charge on any atom is -0.481 e. The van der Waals surface area contributed by atoms with Crippen LogP contribution in [0.25, 0.3) is 0 Å². The Balaban J connectivity index is 2.38. The molecule has 1 aromatic rings. The molecule has 1 aromatic heterocycles. The third-order valence-corrected chi connectivity index (χ3v) is 2.46. The van der Waals surface area contributed by atoms with Crippen molar-refractivity contribution in [1.29, 1.82) is 0 Å². The maximum atomic E-state index is 10.3. The minimum absolute atomic E-state index is 0.00895. The van der Waals surface area contributed by atoms with Crippen LogP contribution in [0.2, 0.25) is 0 Å². The van der Waals surface area contributed by atoms with E-state index in [4.69, 9.17) is 5.11 Å². The number of likely N-dealkylation sites (N-methyl/N-ethyl adjacent to an activating group) is 1. The van der Waals surface area contributed by atoms with Crippen molar-refractivity contribution in [3.05, 3.63) is 5.82 Å². The van der Waals surface area contributed by atoms with Crippen LogP contribution in [0.4, 0.5) is 0 Å². The average Bonchev–Trinajstić information content (AvgIpc) is 2.59. The predicted octanol–water partition coefficient (Wildman–Crippen LogP) is 0.0855. The van der Waals surface area contributed by atoms with E-state index in [9.17, 15) is 4.79 Å². The maximum Gasteiger partial charge on any atom is 0.313 e. The second-order valence-corrected chi connectivity index (χ2v) is 4.24. The Morgan fingerprint density at radius 2 is 2.33 bits per heavy atom. The van der Waals surface area contributed by atoms with Crippen molar-refractivity contribution in [3.63, 3.8) is 0 Å². The summed E-state index contributed by atoms with van der Waals surface area (Å²) in [4.78, 5) is 16.5. The first kappa shape index (κ1) is 12.0. The van der Waals surface area contributed by atoms with Crippen LogP contribution in [0.1, 0.15) is 5.82 Å². The van der Waals surface area contributed by atoms with E-state index in [1.807, 2.05) is 19.0 Å². The lowest BCUT2D eigenvalue weighted by atomic mass is 10.4. The summed E-state index contributed by atoms with van der Waals surface area (Å²) in [7, 11) is 3.97. The quantitative estimate of drug-likeness (QED) is 0.674. The van der Waals surface area contributed by atoms with Gasteiger partial charge in [0.2, 0.25) is 5.16 Å². The van der Waals surface area contributed by atoms with Crippen LogP contribution in [0.5, 0.6) is 0 Å². The third-order valence-electron chi connectivity index (χ3n) is 1.63. The summed E-state index contributed by atoms with van der Waals surface area (Å²) in [6.45, 7) is 0.887. The van der Waals surface area contributed by atoms with Gasteiger partial charge in [-0.1, -0.05) is 11.8 Å². The molecule has 0 saturated heterocycles. The van der Waals surface area contributed by atoms with E-state index < -0.39 is 5.97 Å². The second kappa shape index (κ2) is 5.72. The fraction of sp³-hybridized carbons (Fsp3) is 0.625. The fourth-order valence-electron chi connectivity index (χ4n) is 0.910. The molecule has 0 fully saturated rings. The Labute approximate surface area is 92.1 Å². The number of rotatable bonds is 6. The lowest BCUT2D eigenvalue weighted by Crippen LogP contribution is -2.15. The highest BCUT2D eigenvalue weighted by Gasteiger charge is 2.06. The predicted molar refractivity (Wildman–Crippen MR) is 57.0 cm³/mol. The van der Waals surface area contributed by atoms with Gasteiger partial charge in [-0.15, -0.1) is 5.10 Å². The number of aromatic amines is 1. The van der Waals surface area contributed by atoms with Crippen LogP contribution in [0.15, 0.2) is 5.16 Å². The van der Waals surface area contributed by atoms with Gasteiger partial charge in [0, 0.05) is 13.0 Å². The van der Waals surface area contributed by atoms with Gasteiger partial charge in [0.1, 0.15) is 5.82 Å². The molecule has 0 aliphatic rings. The number of nitrogens with zero attached hydrogens (tertiary/aromatic N) is 3. The molecule has 6 nitrogen and oxygen atoms in total. The lowest BCUT2D eigenvalue weighted by Gasteiger charge is -2.05. The van der Waals surface area contributed by atoms with Crippen LogP contribution in [-0.4, -0.2) is 57.6 Å². The Kier molecular flexibility index (Phi) is 4.57. The first-order valence-corrected chi connectivity index (χ1v) is 5.47. The Hall–Kier alpha value is -1.08. The Bertz CT molecular complexity index is 326. The molecule has 0 amide bonds. The molecule has 7 heteroatoms. The van der Waals surface area contributed by atoms with Crippen LogP contribution < -0.4 is 0 Å². The van der Waals surface area contributed by atoms with Crippen molar-refractivity contribution in [1.82, 2.24) is 20.1 Å². The van der Waals surface area contributed by atoms with Gasteiger partial charge in [-0.3, -0.25) is 9.89 Å². The molecule has 2 N–H and O–H groups in total. The molecule has 84 valence electrons. The van der Waals surface area contributed by atoms with Gasteiger partial charge in [-0.25, -0.2) is 4.98 Å². The third kappa shape index (κ3) is 4.80. The molecule has 0 aliphatic heterocycles. The van der Waals surface area contributed by atoms with Crippen molar-refractivity contribution in [3.8, 4) is 0 Å². The maximum absolute atomic E-state index is 10.3. The van der Waals surface area contributed by atoms with Crippen molar-refractivity contribution in [2.24, 2.45) is 0 Å². The van der Waals surface area contributed by atoms with E-state index in [2.05, 4.69) is 15.2 Å². The van der Waals surface area contributed by atoms with Crippen molar-refractivity contribution in [2.75, 3.05) is 26.4 Å². The monoisotopic (exact) mass is 230 g/mol. The minimum atomic E-state index is -0.861. The number of carboxylic acids is 1. The molecule has 1 heterocycles. The number of nitrogens with one attached hydrogen (secondary N) is 1. The zero-order valence-electron chi connectivity index (χ0n) is 8.73. The van der Waals surface area contributed by atoms with Gasteiger partial charge in [0.25, 0.3) is 0 Å². The van der Waals surface area contributed by atoms with Crippen molar-refractivity contribution < 1.29 is 9.90 Å². The summed E-state index contributed by atoms with van der Waals surface area (Å²) in [5.41, 5.74) is 0. The van der Waals surface area contributed by atoms with Crippen LogP contribution in [-0.2, 0) is 11.2 Å². The SMILES string of the molecule is CN(C)CCc1nc(SCC(=O)O)n[nH]1. The number of hydrogen-bond acceptors (Lipinski definition) is 5. The van der Waals surface area contributed by atoms with E-state index in [1.54, 1.807) is 0 Å². The van der Waals surface area contributed by atoms with Crippen LogP contribution in [0, 0.1) is 0 Å². The number of H-pyrrole nitrogens is 1. The number of aliphatic carboxylic acids is 1. The van der Waals surface area contributed by atoms with Gasteiger partial charge >= 0.3 is 5.97 Å². The highest BCUT2D eigenvalue weighted by molar-refractivity contribution is 7.99. The lowest BCUT2D eigenvalue weighted by molar-refractivity contribution is -0.133. The molecule has 0 aromatic carbocycles. The summed E-state index contributed by atoms with van der Waals surface area (Å²) >= 11 is 1.12. The largest absolute Gasteiger partial charge is 0.481 e. The molecule has 0 spiro atoms. The Morgan fingerprint density at radius 3 is 2.93 bits per heavy atom. The van der Waals surface area contributed by atoms with E-state index in [1.165, 1.54) is 0 Å². The number of hydrogen-bond donors (Lipinski definition) is 2.